The summed E-state index contributed by atoms with van der Waals surface area (Å²) in [4.78, 5) is 39.2. The van der Waals surface area contributed by atoms with Gasteiger partial charge < -0.3 is 23.7 Å². The number of nitrogens with zero attached hydrogens (tertiary/aromatic N) is 9. The Morgan fingerprint density at radius 3 is 1.34 bits per heavy atom. The molecule has 3 aromatic heterocycles. The maximum Gasteiger partial charge on any atom is 0.328 e. The molecule has 0 spiro atoms. The van der Waals surface area contributed by atoms with Crippen LogP contribution in [0.3, 0.4) is 0 Å². The Morgan fingerprint density at radius 2 is 0.809 bits per heavy atom. The smallest absolute Gasteiger partial charge is 0.328 e. The van der Waals surface area contributed by atoms with E-state index in [4.69, 9.17) is 23.7 Å². The number of hydrogen-bond donors (Lipinski definition) is 0. The van der Waals surface area contributed by atoms with Crippen molar-refractivity contribution in [3.05, 3.63) is 101 Å². The molecule has 0 unspecified atom stereocenters. The van der Waals surface area contributed by atoms with Crippen LogP contribution in [0, 0.1) is 34.6 Å². The maximum atomic E-state index is 6.10. The minimum absolute atomic E-state index is 0.0162. The molecule has 1 aliphatic rings. The van der Waals surface area contributed by atoms with E-state index in [1.807, 2.05) is 63.2 Å². The minimum Gasteiger partial charge on any atom is -0.424 e. The van der Waals surface area contributed by atoms with Gasteiger partial charge in [0, 0.05) is 18.6 Å². The highest BCUT2D eigenvalue weighted by atomic mass is 16.5. The maximum absolute atomic E-state index is 6.10. The highest BCUT2D eigenvalue weighted by molar-refractivity contribution is 5.42. The molecule has 1 aliphatic heterocycles. The number of benzene rings is 3. The molecule has 0 amide bonds. The molecule has 0 N–H and O–H groups in total. The third-order valence-electron chi connectivity index (χ3n) is 6.57. The first-order chi connectivity index (χ1) is 22.7. The molecule has 0 atom stereocenters. The van der Waals surface area contributed by atoms with Crippen LogP contribution in [0.15, 0.2) is 60.9 Å². The van der Waals surface area contributed by atoms with Crippen LogP contribution in [0.2, 0.25) is 0 Å². The SMILES string of the molecule is Cc1cc2cc(c1)Oc1ncnc(n1)Oc1cc(C)cc(c1)Oc1nc(C)nc(n1)Oc1cc(C)cc(c1)Cc1nc(C)nc(n1)O2. The van der Waals surface area contributed by atoms with Crippen LogP contribution in [0.25, 0.3) is 0 Å². The molecule has 0 saturated heterocycles. The molecule has 3 aromatic carbocycles. The third-order valence-corrected chi connectivity index (χ3v) is 6.57. The van der Waals surface area contributed by atoms with E-state index >= 15 is 0 Å². The zero-order chi connectivity index (χ0) is 32.5. The Balaban J connectivity index is 1.31. The topological polar surface area (TPSA) is 162 Å². The zero-order valence-corrected chi connectivity index (χ0v) is 26.0. The molecule has 234 valence electrons. The van der Waals surface area contributed by atoms with Gasteiger partial charge in [0.1, 0.15) is 52.5 Å². The molecule has 14 nitrogen and oxygen atoms in total. The number of aryl methyl sites for hydroxylation is 5. The van der Waals surface area contributed by atoms with Gasteiger partial charge in [0.15, 0.2) is 0 Å². The van der Waals surface area contributed by atoms with Gasteiger partial charge in [0.25, 0.3) is 0 Å². The lowest BCUT2D eigenvalue weighted by molar-refractivity contribution is 0.385. The lowest BCUT2D eigenvalue weighted by Gasteiger charge is -2.12. The highest BCUT2D eigenvalue weighted by Gasteiger charge is 2.15. The van der Waals surface area contributed by atoms with Gasteiger partial charge >= 0.3 is 30.1 Å². The quantitative estimate of drug-likeness (QED) is 0.175. The Bertz CT molecular complexity index is 2000. The summed E-state index contributed by atoms with van der Waals surface area (Å²) in [7, 11) is 0. The number of fused-ring (bicyclic) bond motifs is 12. The first-order valence-electron chi connectivity index (χ1n) is 14.5. The van der Waals surface area contributed by atoms with Crippen molar-refractivity contribution in [3.63, 3.8) is 0 Å². The average molecular weight is 630 g/mol. The number of rotatable bonds is 0. The lowest BCUT2D eigenvalue weighted by atomic mass is 10.1. The predicted octanol–water partition coefficient (Wildman–Crippen LogP) is 6.65. The normalized spacial score (nSPS) is 12.3. The van der Waals surface area contributed by atoms with Crippen LogP contribution < -0.4 is 23.7 Å². The summed E-state index contributed by atoms with van der Waals surface area (Å²) < 4.78 is 30.1. The van der Waals surface area contributed by atoms with Crippen LogP contribution in [0.5, 0.6) is 58.8 Å². The van der Waals surface area contributed by atoms with E-state index in [0.29, 0.717) is 52.6 Å². The molecule has 0 saturated carbocycles. The Kier molecular flexibility index (Phi) is 7.65. The minimum atomic E-state index is 0.0162. The van der Waals surface area contributed by atoms with Crippen LogP contribution in [-0.4, -0.2) is 44.9 Å². The van der Waals surface area contributed by atoms with E-state index in [1.165, 1.54) is 6.33 Å². The van der Waals surface area contributed by atoms with Gasteiger partial charge in [0.2, 0.25) is 0 Å². The molecular formula is C33H27N9O5. The second-order valence-electron chi connectivity index (χ2n) is 10.9. The van der Waals surface area contributed by atoms with Crippen molar-refractivity contribution in [2.75, 3.05) is 0 Å². The third kappa shape index (κ3) is 7.33. The van der Waals surface area contributed by atoms with Gasteiger partial charge in [-0.05, 0) is 93.3 Å². The summed E-state index contributed by atoms with van der Waals surface area (Å²) in [6.45, 7) is 9.28. The first-order valence-corrected chi connectivity index (χ1v) is 14.5. The van der Waals surface area contributed by atoms with Crippen molar-refractivity contribution in [2.24, 2.45) is 0 Å². The standard InChI is InChI=1S/C33H27N9O5/c1-17-6-22-12-23(7-17)45-32-38-21(5)39-33(42-32)47-27-11-19(3)9-25(15-27)44-30-35-16-34-29(41-30)43-24-8-18(2)10-26(14-24)46-31-37-20(4)36-28(13-22)40-31/h6-12,14-16H,13H2,1-5H3. The van der Waals surface area contributed by atoms with Gasteiger partial charge in [-0.3, -0.25) is 0 Å². The molecule has 7 rings (SSSR count). The fourth-order valence-electron chi connectivity index (χ4n) is 4.88. The van der Waals surface area contributed by atoms with Crippen LogP contribution in [0.1, 0.15) is 39.7 Å². The van der Waals surface area contributed by atoms with Crippen molar-refractivity contribution >= 4 is 0 Å². The van der Waals surface area contributed by atoms with Gasteiger partial charge in [0.05, 0.1) is 0 Å². The first kappa shape index (κ1) is 29.4. The van der Waals surface area contributed by atoms with Crippen molar-refractivity contribution in [1.29, 1.82) is 0 Å². The second kappa shape index (κ2) is 12.2. The molecule has 14 heteroatoms. The van der Waals surface area contributed by atoms with Crippen molar-refractivity contribution < 1.29 is 23.7 Å². The van der Waals surface area contributed by atoms with Crippen LogP contribution in [0.4, 0.5) is 0 Å². The molecule has 12 bridgehead atoms. The van der Waals surface area contributed by atoms with E-state index in [-0.39, 0.29) is 30.1 Å². The van der Waals surface area contributed by atoms with E-state index in [2.05, 4.69) is 44.9 Å². The Hall–Kier alpha value is -6.31. The molecule has 47 heavy (non-hydrogen) atoms. The fourth-order valence-corrected chi connectivity index (χ4v) is 4.88. The molecule has 4 heterocycles. The zero-order valence-electron chi connectivity index (χ0n) is 26.0. The van der Waals surface area contributed by atoms with E-state index in [9.17, 15) is 0 Å². The summed E-state index contributed by atoms with van der Waals surface area (Å²) in [5.41, 5.74) is 3.59. The van der Waals surface area contributed by atoms with Gasteiger partial charge in [-0.15, -0.1) is 9.97 Å². The summed E-state index contributed by atoms with van der Waals surface area (Å²) >= 11 is 0. The molecule has 0 fully saturated rings. The Morgan fingerprint density at radius 1 is 0.404 bits per heavy atom. The van der Waals surface area contributed by atoms with Crippen molar-refractivity contribution in [3.8, 4) is 58.8 Å². The number of aromatic nitrogens is 9. The summed E-state index contributed by atoms with van der Waals surface area (Å²) in [6, 6.07) is 16.7. The number of ether oxygens (including phenoxy) is 5. The van der Waals surface area contributed by atoms with Gasteiger partial charge in [-0.25, -0.2) is 4.98 Å². The largest absolute Gasteiger partial charge is 0.424 e. The van der Waals surface area contributed by atoms with Gasteiger partial charge in [-0.2, -0.15) is 29.9 Å². The fraction of sp³-hybridized carbons (Fsp3) is 0.182. The van der Waals surface area contributed by atoms with E-state index in [1.54, 1.807) is 26.0 Å². The second-order valence-corrected chi connectivity index (χ2v) is 10.9. The molecular weight excluding hydrogens is 602 g/mol. The predicted molar refractivity (Wildman–Crippen MR) is 166 cm³/mol. The lowest BCUT2D eigenvalue weighted by Crippen LogP contribution is -2.05. The van der Waals surface area contributed by atoms with Gasteiger partial charge in [-0.1, -0.05) is 6.07 Å². The van der Waals surface area contributed by atoms with Crippen molar-refractivity contribution in [2.45, 2.75) is 41.0 Å². The van der Waals surface area contributed by atoms with E-state index in [0.717, 1.165) is 22.3 Å². The number of hydrogen-bond acceptors (Lipinski definition) is 14. The molecule has 0 radical (unpaired) electrons. The Labute approximate surface area is 268 Å². The van der Waals surface area contributed by atoms with E-state index < -0.39 is 0 Å². The molecule has 0 aliphatic carbocycles. The monoisotopic (exact) mass is 629 g/mol. The van der Waals surface area contributed by atoms with Crippen molar-refractivity contribution in [1.82, 2.24) is 44.9 Å². The van der Waals surface area contributed by atoms with Crippen LogP contribution >= 0.6 is 0 Å². The highest BCUT2D eigenvalue weighted by Crippen LogP contribution is 2.32. The summed E-state index contributed by atoms with van der Waals surface area (Å²) in [5.74, 6) is 3.70. The summed E-state index contributed by atoms with van der Waals surface area (Å²) in [5, 5.41) is 0. The molecule has 6 aromatic rings. The van der Waals surface area contributed by atoms with Crippen LogP contribution in [-0.2, 0) is 6.42 Å². The average Bonchev–Trinajstić information content (AvgIpc) is 2.95. The summed E-state index contributed by atoms with van der Waals surface area (Å²) in [6.07, 6.45) is 1.69.